The van der Waals surface area contributed by atoms with Crippen molar-refractivity contribution in [3.05, 3.63) is 11.6 Å². The van der Waals surface area contributed by atoms with Crippen molar-refractivity contribution in [3.8, 4) is 0 Å². The molecule has 1 heterocycles. The summed E-state index contributed by atoms with van der Waals surface area (Å²) >= 11 is 0. The topological polar surface area (TPSA) is 29.1 Å². The van der Waals surface area contributed by atoms with Crippen LogP contribution in [0.15, 0.2) is 11.6 Å². The van der Waals surface area contributed by atoms with Crippen molar-refractivity contribution in [2.24, 2.45) is 16.7 Å². The highest BCUT2D eigenvalue weighted by Gasteiger charge is 2.65. The minimum Gasteiger partial charge on any atom is -0.346 e. The van der Waals surface area contributed by atoms with E-state index < -0.39 is 0 Å². The standard InChI is InChI=1S/C14H23NO/c1-12(2,3)9-7-11(16)15-14(8-10(9)14)13(4,5)6/h7,10H,8H2,1-6H3,(H,15,16)/t10-,14-/m1/s1. The van der Waals surface area contributed by atoms with E-state index in [1.807, 2.05) is 6.08 Å². The quantitative estimate of drug-likeness (QED) is 0.669. The molecule has 2 aliphatic rings. The fourth-order valence-corrected chi connectivity index (χ4v) is 3.03. The summed E-state index contributed by atoms with van der Waals surface area (Å²) in [5.74, 6) is 0.638. The molecular formula is C14H23NO. The first-order valence-corrected chi connectivity index (χ1v) is 6.12. The predicted octanol–water partition coefficient (Wildman–Crippen LogP) is 2.89. The lowest BCUT2D eigenvalue weighted by Gasteiger charge is -2.38. The van der Waals surface area contributed by atoms with Crippen molar-refractivity contribution in [1.29, 1.82) is 0 Å². The summed E-state index contributed by atoms with van der Waals surface area (Å²) in [6.45, 7) is 13.3. The first-order chi connectivity index (χ1) is 7.08. The molecule has 2 atom stereocenters. The zero-order valence-electron chi connectivity index (χ0n) is 11.3. The van der Waals surface area contributed by atoms with Crippen molar-refractivity contribution >= 4 is 5.91 Å². The Morgan fingerprint density at radius 2 is 1.81 bits per heavy atom. The van der Waals surface area contributed by atoms with Gasteiger partial charge in [0, 0.05) is 12.0 Å². The van der Waals surface area contributed by atoms with Crippen molar-refractivity contribution in [3.63, 3.8) is 0 Å². The number of hydrogen-bond acceptors (Lipinski definition) is 1. The molecule has 2 heteroatoms. The first kappa shape index (κ1) is 11.7. The Hall–Kier alpha value is -0.790. The van der Waals surface area contributed by atoms with Gasteiger partial charge >= 0.3 is 0 Å². The molecule has 2 nitrogen and oxygen atoms in total. The van der Waals surface area contributed by atoms with Crippen LogP contribution in [0.1, 0.15) is 48.0 Å². The Morgan fingerprint density at radius 1 is 1.25 bits per heavy atom. The van der Waals surface area contributed by atoms with Gasteiger partial charge in [0.2, 0.25) is 5.91 Å². The van der Waals surface area contributed by atoms with Crippen LogP contribution in [-0.4, -0.2) is 11.4 Å². The van der Waals surface area contributed by atoms with E-state index in [1.165, 1.54) is 5.57 Å². The van der Waals surface area contributed by atoms with Crippen LogP contribution >= 0.6 is 0 Å². The fraction of sp³-hybridized carbons (Fsp3) is 0.786. The van der Waals surface area contributed by atoms with Crippen LogP contribution in [0.3, 0.4) is 0 Å². The third-order valence-electron chi connectivity index (χ3n) is 4.17. The van der Waals surface area contributed by atoms with Gasteiger partial charge in [0.05, 0.1) is 5.54 Å². The molecule has 16 heavy (non-hydrogen) atoms. The Kier molecular flexibility index (Phi) is 2.12. The van der Waals surface area contributed by atoms with Crippen LogP contribution < -0.4 is 5.32 Å². The van der Waals surface area contributed by atoms with Crippen LogP contribution in [0.2, 0.25) is 0 Å². The van der Waals surface area contributed by atoms with Crippen molar-refractivity contribution in [1.82, 2.24) is 5.32 Å². The van der Waals surface area contributed by atoms with E-state index in [2.05, 4.69) is 46.9 Å². The van der Waals surface area contributed by atoms with E-state index in [0.29, 0.717) is 5.92 Å². The molecule has 1 amide bonds. The number of carbonyl (C=O) groups is 1. The summed E-state index contributed by atoms with van der Waals surface area (Å²) in [7, 11) is 0. The second-order valence-electron chi connectivity index (χ2n) is 7.32. The van der Waals surface area contributed by atoms with E-state index in [0.717, 1.165) is 6.42 Å². The number of rotatable bonds is 0. The molecule has 0 spiro atoms. The van der Waals surface area contributed by atoms with Gasteiger partial charge in [-0.25, -0.2) is 0 Å². The highest BCUT2D eigenvalue weighted by atomic mass is 16.1. The number of carbonyl (C=O) groups excluding carboxylic acids is 1. The fourth-order valence-electron chi connectivity index (χ4n) is 3.03. The molecule has 90 valence electrons. The summed E-state index contributed by atoms with van der Waals surface area (Å²) in [6, 6.07) is 0. The second-order valence-corrected chi connectivity index (χ2v) is 7.32. The SMILES string of the molecule is CC(C)(C)C1=CC(=O)N[C@]2(C(C)(C)C)C[C@H]12. The molecule has 1 saturated carbocycles. The van der Waals surface area contributed by atoms with Gasteiger partial charge in [0.1, 0.15) is 0 Å². The van der Waals surface area contributed by atoms with Crippen LogP contribution in [0.4, 0.5) is 0 Å². The molecule has 0 aromatic rings. The lowest BCUT2D eigenvalue weighted by molar-refractivity contribution is -0.119. The van der Waals surface area contributed by atoms with Crippen molar-refractivity contribution < 1.29 is 4.79 Å². The van der Waals surface area contributed by atoms with Crippen LogP contribution in [0, 0.1) is 16.7 Å². The maximum Gasteiger partial charge on any atom is 0.244 e. The van der Waals surface area contributed by atoms with Crippen molar-refractivity contribution in [2.75, 3.05) is 0 Å². The maximum absolute atomic E-state index is 11.8. The first-order valence-electron chi connectivity index (χ1n) is 6.12. The summed E-state index contributed by atoms with van der Waals surface area (Å²) < 4.78 is 0. The van der Waals surface area contributed by atoms with E-state index in [9.17, 15) is 4.79 Å². The normalized spacial score (nSPS) is 34.0. The zero-order valence-corrected chi connectivity index (χ0v) is 11.3. The highest BCUT2D eigenvalue weighted by molar-refractivity contribution is 5.91. The van der Waals surface area contributed by atoms with Crippen LogP contribution in [-0.2, 0) is 4.79 Å². The van der Waals surface area contributed by atoms with Gasteiger partial charge in [-0.1, -0.05) is 47.1 Å². The maximum atomic E-state index is 11.8. The number of hydrogen-bond donors (Lipinski definition) is 1. The van der Waals surface area contributed by atoms with E-state index in [-0.39, 0.29) is 22.3 Å². The van der Waals surface area contributed by atoms with Gasteiger partial charge in [0.15, 0.2) is 0 Å². The minimum absolute atomic E-state index is 0.0153. The minimum atomic E-state index is 0.0153. The van der Waals surface area contributed by atoms with E-state index >= 15 is 0 Å². The summed E-state index contributed by atoms with van der Waals surface area (Å²) in [4.78, 5) is 11.8. The molecule has 2 rings (SSSR count). The smallest absolute Gasteiger partial charge is 0.244 e. The number of amides is 1. The molecule has 0 unspecified atom stereocenters. The average Bonchev–Trinajstić information content (AvgIpc) is 2.74. The summed E-state index contributed by atoms with van der Waals surface area (Å²) in [6.07, 6.45) is 2.92. The molecule has 0 saturated heterocycles. The van der Waals surface area contributed by atoms with Gasteiger partial charge in [-0.2, -0.15) is 0 Å². The Morgan fingerprint density at radius 3 is 2.25 bits per heavy atom. The Labute approximate surface area is 98.5 Å². The molecule has 1 aliphatic carbocycles. The lowest BCUT2D eigenvalue weighted by atomic mass is 9.74. The molecule has 0 radical (unpaired) electrons. The van der Waals surface area contributed by atoms with Gasteiger partial charge in [-0.15, -0.1) is 0 Å². The predicted molar refractivity (Wildman–Crippen MR) is 66.0 cm³/mol. The monoisotopic (exact) mass is 221 g/mol. The Bertz CT molecular complexity index is 367. The third-order valence-corrected chi connectivity index (χ3v) is 4.17. The molecule has 0 aromatic heterocycles. The lowest BCUT2D eigenvalue weighted by Crippen LogP contribution is -2.50. The van der Waals surface area contributed by atoms with Crippen molar-refractivity contribution in [2.45, 2.75) is 53.5 Å². The van der Waals surface area contributed by atoms with Crippen LogP contribution in [0.5, 0.6) is 0 Å². The summed E-state index contributed by atoms with van der Waals surface area (Å²) in [5, 5.41) is 3.19. The van der Waals surface area contributed by atoms with Gasteiger partial charge in [-0.05, 0) is 17.3 Å². The molecule has 1 N–H and O–H groups in total. The molecule has 1 aliphatic heterocycles. The average molecular weight is 221 g/mol. The molecule has 0 aromatic carbocycles. The van der Waals surface area contributed by atoms with Gasteiger partial charge in [0.25, 0.3) is 0 Å². The summed E-state index contributed by atoms with van der Waals surface area (Å²) in [5.41, 5.74) is 1.58. The van der Waals surface area contributed by atoms with E-state index in [1.54, 1.807) is 0 Å². The molecule has 0 bridgehead atoms. The third kappa shape index (κ3) is 1.50. The second kappa shape index (κ2) is 2.91. The number of nitrogens with one attached hydrogen (secondary N) is 1. The molecular weight excluding hydrogens is 198 g/mol. The Balaban J connectivity index is 2.38. The van der Waals surface area contributed by atoms with Gasteiger partial charge in [-0.3, -0.25) is 4.79 Å². The number of fused-ring (bicyclic) bond motifs is 1. The highest BCUT2D eigenvalue weighted by Crippen LogP contribution is 2.62. The van der Waals surface area contributed by atoms with Crippen LogP contribution in [0.25, 0.3) is 0 Å². The van der Waals surface area contributed by atoms with Gasteiger partial charge < -0.3 is 5.32 Å². The van der Waals surface area contributed by atoms with E-state index in [4.69, 9.17) is 0 Å². The largest absolute Gasteiger partial charge is 0.346 e. The molecule has 1 fully saturated rings. The zero-order chi connectivity index (χ0) is 12.4.